The first-order chi connectivity index (χ1) is 7.99. The van der Waals surface area contributed by atoms with Crippen molar-refractivity contribution in [1.29, 1.82) is 0 Å². The summed E-state index contributed by atoms with van der Waals surface area (Å²) in [5.41, 5.74) is 9.69. The molecule has 4 heteroatoms. The van der Waals surface area contributed by atoms with Crippen LogP contribution in [0.3, 0.4) is 0 Å². The van der Waals surface area contributed by atoms with Crippen molar-refractivity contribution in [1.82, 2.24) is 9.78 Å². The summed E-state index contributed by atoms with van der Waals surface area (Å²) in [7, 11) is 1.93. The van der Waals surface area contributed by atoms with Crippen LogP contribution in [-0.4, -0.2) is 9.78 Å². The molecule has 2 rings (SSSR count). The van der Waals surface area contributed by atoms with Gasteiger partial charge in [0, 0.05) is 18.8 Å². The molecule has 0 aliphatic rings. The highest BCUT2D eigenvalue weighted by Gasteiger charge is 2.13. The van der Waals surface area contributed by atoms with E-state index in [1.807, 2.05) is 36.1 Å². The third kappa shape index (κ3) is 2.29. The zero-order chi connectivity index (χ0) is 12.6. The van der Waals surface area contributed by atoms with Crippen LogP contribution in [0.15, 0.2) is 24.4 Å². The van der Waals surface area contributed by atoms with Crippen LogP contribution in [-0.2, 0) is 7.05 Å². The highest BCUT2D eigenvalue weighted by molar-refractivity contribution is 6.33. The molecule has 1 aromatic heterocycles. The molecule has 0 unspecified atom stereocenters. The summed E-state index contributed by atoms with van der Waals surface area (Å²) in [6.45, 7) is 4.26. The summed E-state index contributed by atoms with van der Waals surface area (Å²) in [5, 5.41) is 5.07. The Balaban J connectivity index is 2.55. The Morgan fingerprint density at radius 1 is 1.35 bits per heavy atom. The molecule has 0 aliphatic heterocycles. The summed E-state index contributed by atoms with van der Waals surface area (Å²) in [6.07, 6.45) is 2.01. The molecule has 0 fully saturated rings. The van der Waals surface area contributed by atoms with Crippen molar-refractivity contribution in [2.75, 3.05) is 5.73 Å². The van der Waals surface area contributed by atoms with Crippen molar-refractivity contribution < 1.29 is 0 Å². The number of nitrogen functional groups attached to an aromatic ring is 1. The summed E-state index contributed by atoms with van der Waals surface area (Å²) in [4.78, 5) is 0. The normalized spacial score (nSPS) is 11.1. The van der Waals surface area contributed by atoms with Crippen molar-refractivity contribution in [3.8, 4) is 11.1 Å². The SMILES string of the molecule is CC(C)c1nn(C)cc1-c1ccc(Cl)c(N)c1. The first kappa shape index (κ1) is 12.0. The Labute approximate surface area is 106 Å². The average Bonchev–Trinajstić information content (AvgIpc) is 2.64. The third-order valence-electron chi connectivity index (χ3n) is 2.71. The molecule has 0 spiro atoms. The van der Waals surface area contributed by atoms with E-state index in [0.29, 0.717) is 16.6 Å². The maximum atomic E-state index is 5.93. The van der Waals surface area contributed by atoms with E-state index < -0.39 is 0 Å². The van der Waals surface area contributed by atoms with Gasteiger partial charge >= 0.3 is 0 Å². The Morgan fingerprint density at radius 3 is 2.65 bits per heavy atom. The van der Waals surface area contributed by atoms with E-state index in [2.05, 4.69) is 18.9 Å². The fourth-order valence-electron chi connectivity index (χ4n) is 1.87. The van der Waals surface area contributed by atoms with Crippen LogP contribution >= 0.6 is 11.6 Å². The van der Waals surface area contributed by atoms with Gasteiger partial charge in [0.25, 0.3) is 0 Å². The van der Waals surface area contributed by atoms with Crippen LogP contribution in [0.4, 0.5) is 5.69 Å². The van der Waals surface area contributed by atoms with Gasteiger partial charge in [-0.05, 0) is 23.6 Å². The Bertz CT molecular complexity index is 544. The standard InChI is InChI=1S/C13H16ClN3/c1-8(2)13-10(7-17(3)16-13)9-4-5-11(14)12(15)6-9/h4-8H,15H2,1-3H3. The molecule has 0 bridgehead atoms. The van der Waals surface area contributed by atoms with Crippen LogP contribution < -0.4 is 5.73 Å². The zero-order valence-corrected chi connectivity index (χ0v) is 11.0. The number of rotatable bonds is 2. The molecule has 0 radical (unpaired) electrons. The first-order valence-corrected chi connectivity index (χ1v) is 5.95. The molecule has 0 amide bonds. The van der Waals surface area contributed by atoms with Gasteiger partial charge in [-0.25, -0.2) is 0 Å². The van der Waals surface area contributed by atoms with E-state index in [1.54, 1.807) is 0 Å². The molecule has 0 aliphatic carbocycles. The number of hydrogen-bond acceptors (Lipinski definition) is 2. The number of aryl methyl sites for hydroxylation is 1. The summed E-state index contributed by atoms with van der Waals surface area (Å²) >= 11 is 5.93. The summed E-state index contributed by atoms with van der Waals surface area (Å²) in [6, 6.07) is 5.69. The maximum Gasteiger partial charge on any atom is 0.0728 e. The summed E-state index contributed by atoms with van der Waals surface area (Å²) < 4.78 is 1.83. The van der Waals surface area contributed by atoms with E-state index in [0.717, 1.165) is 16.8 Å². The predicted molar refractivity (Wildman–Crippen MR) is 72.2 cm³/mol. The van der Waals surface area contributed by atoms with Gasteiger partial charge in [-0.1, -0.05) is 31.5 Å². The van der Waals surface area contributed by atoms with Crippen LogP contribution in [0.1, 0.15) is 25.5 Å². The minimum Gasteiger partial charge on any atom is -0.398 e. The lowest BCUT2D eigenvalue weighted by atomic mass is 10.00. The van der Waals surface area contributed by atoms with E-state index >= 15 is 0 Å². The lowest BCUT2D eigenvalue weighted by Crippen LogP contribution is -1.94. The topological polar surface area (TPSA) is 43.8 Å². The second kappa shape index (κ2) is 4.41. The molecule has 17 heavy (non-hydrogen) atoms. The van der Waals surface area contributed by atoms with Crippen LogP contribution in [0.2, 0.25) is 5.02 Å². The number of nitrogens with two attached hydrogens (primary N) is 1. The van der Waals surface area contributed by atoms with Crippen molar-refractivity contribution in [2.24, 2.45) is 7.05 Å². The van der Waals surface area contributed by atoms with Crippen LogP contribution in [0.25, 0.3) is 11.1 Å². The molecular formula is C13H16ClN3. The molecule has 0 atom stereocenters. The second-order valence-corrected chi connectivity index (χ2v) is 4.90. The average molecular weight is 250 g/mol. The molecular weight excluding hydrogens is 234 g/mol. The van der Waals surface area contributed by atoms with E-state index in [9.17, 15) is 0 Å². The molecule has 90 valence electrons. The Hall–Kier alpha value is -1.48. The number of aromatic nitrogens is 2. The van der Waals surface area contributed by atoms with Gasteiger partial charge in [-0.15, -0.1) is 0 Å². The maximum absolute atomic E-state index is 5.93. The number of halogens is 1. The number of anilines is 1. The first-order valence-electron chi connectivity index (χ1n) is 5.58. The Kier molecular flexibility index (Phi) is 3.11. The van der Waals surface area contributed by atoms with Crippen LogP contribution in [0, 0.1) is 0 Å². The number of benzene rings is 1. The molecule has 2 aromatic rings. The molecule has 2 N–H and O–H groups in total. The Morgan fingerprint density at radius 2 is 2.06 bits per heavy atom. The van der Waals surface area contributed by atoms with E-state index in [-0.39, 0.29) is 0 Å². The fourth-order valence-corrected chi connectivity index (χ4v) is 1.98. The highest BCUT2D eigenvalue weighted by Crippen LogP contribution is 2.31. The molecule has 1 heterocycles. The second-order valence-electron chi connectivity index (χ2n) is 4.49. The quantitative estimate of drug-likeness (QED) is 0.829. The lowest BCUT2D eigenvalue weighted by molar-refractivity contribution is 0.713. The minimum absolute atomic E-state index is 0.378. The molecule has 0 saturated carbocycles. The monoisotopic (exact) mass is 249 g/mol. The lowest BCUT2D eigenvalue weighted by Gasteiger charge is -2.06. The third-order valence-corrected chi connectivity index (χ3v) is 3.06. The molecule has 0 saturated heterocycles. The van der Waals surface area contributed by atoms with Crippen molar-refractivity contribution >= 4 is 17.3 Å². The minimum atomic E-state index is 0.378. The zero-order valence-electron chi connectivity index (χ0n) is 10.2. The largest absolute Gasteiger partial charge is 0.398 e. The molecule has 3 nitrogen and oxygen atoms in total. The van der Waals surface area contributed by atoms with Gasteiger partial charge in [0.15, 0.2) is 0 Å². The number of hydrogen-bond donors (Lipinski definition) is 1. The van der Waals surface area contributed by atoms with Gasteiger partial charge in [-0.3, -0.25) is 4.68 Å². The van der Waals surface area contributed by atoms with E-state index in [4.69, 9.17) is 17.3 Å². The van der Waals surface area contributed by atoms with Crippen molar-refractivity contribution in [3.05, 3.63) is 35.1 Å². The molecule has 1 aromatic carbocycles. The van der Waals surface area contributed by atoms with Gasteiger partial charge in [0.05, 0.1) is 16.4 Å². The van der Waals surface area contributed by atoms with Crippen LogP contribution in [0.5, 0.6) is 0 Å². The fraction of sp³-hybridized carbons (Fsp3) is 0.308. The highest BCUT2D eigenvalue weighted by atomic mass is 35.5. The van der Waals surface area contributed by atoms with Crippen molar-refractivity contribution in [2.45, 2.75) is 19.8 Å². The van der Waals surface area contributed by atoms with Gasteiger partial charge < -0.3 is 5.73 Å². The van der Waals surface area contributed by atoms with Crippen molar-refractivity contribution in [3.63, 3.8) is 0 Å². The predicted octanol–water partition coefficient (Wildman–Crippen LogP) is 3.45. The van der Waals surface area contributed by atoms with Gasteiger partial charge in [0.2, 0.25) is 0 Å². The van der Waals surface area contributed by atoms with E-state index in [1.165, 1.54) is 0 Å². The van der Waals surface area contributed by atoms with Gasteiger partial charge in [0.1, 0.15) is 0 Å². The van der Waals surface area contributed by atoms with Gasteiger partial charge in [-0.2, -0.15) is 5.10 Å². The number of nitrogens with zero attached hydrogens (tertiary/aromatic N) is 2. The summed E-state index contributed by atoms with van der Waals surface area (Å²) in [5.74, 6) is 0.378. The smallest absolute Gasteiger partial charge is 0.0728 e.